The van der Waals surface area contributed by atoms with Gasteiger partial charge in [-0.05, 0) is 49.4 Å². The molecule has 7 atom stereocenters. The first-order chi connectivity index (χ1) is 48.7. The second-order valence-corrected chi connectivity index (χ2v) is 33.9. The van der Waals surface area contributed by atoms with Crippen molar-refractivity contribution >= 4 is 39.5 Å². The molecule has 0 spiro atoms. The molecule has 0 aromatic rings. The van der Waals surface area contributed by atoms with Crippen molar-refractivity contribution in [3.05, 3.63) is 0 Å². The number of hydrogen-bond acceptors (Lipinski definition) is 15. The number of aliphatic hydroxyl groups excluding tert-OH is 1. The second-order valence-electron chi connectivity index (χ2n) is 31.0. The van der Waals surface area contributed by atoms with Gasteiger partial charge in [0, 0.05) is 25.7 Å². The Labute approximate surface area is 619 Å². The van der Waals surface area contributed by atoms with Gasteiger partial charge in [0.1, 0.15) is 19.3 Å². The molecule has 0 amide bonds. The van der Waals surface area contributed by atoms with Gasteiger partial charge in [-0.25, -0.2) is 9.13 Å². The Balaban J connectivity index is 5.20. The summed E-state index contributed by atoms with van der Waals surface area (Å²) in [6.07, 6.45) is 58.3. The zero-order chi connectivity index (χ0) is 74.6. The van der Waals surface area contributed by atoms with E-state index >= 15 is 0 Å². The van der Waals surface area contributed by atoms with Crippen molar-refractivity contribution in [3.8, 4) is 0 Å². The number of carbonyl (C=O) groups is 4. The second kappa shape index (κ2) is 71.0. The number of phosphoric acid groups is 2. The predicted molar refractivity (Wildman–Crippen MR) is 414 cm³/mol. The molecule has 0 aliphatic heterocycles. The van der Waals surface area contributed by atoms with E-state index in [4.69, 9.17) is 37.0 Å². The number of ether oxygens (including phenoxy) is 4. The molecule has 0 rings (SSSR count). The SMILES string of the molecule is CCC(C)CCCCCCCCCCC(=O)OC[C@H](COP(=O)(O)OC[C@@H](O)COP(=O)(O)OC[C@@H](COC(=O)CCCCCCCCC(C)CC)OC(=O)CCCCCCCCCCCCCCCCCC(C)C)OC(=O)CCCCCCCCCCCCCCCCCCCCC(C)C. The average molecular weight is 1480 g/mol. The lowest BCUT2D eigenvalue weighted by Gasteiger charge is -2.21. The molecule has 0 saturated carbocycles. The maximum Gasteiger partial charge on any atom is 0.472 e. The number of hydrogen-bond donors (Lipinski definition) is 3. The predicted octanol–water partition coefficient (Wildman–Crippen LogP) is 24.4. The molecule has 17 nitrogen and oxygen atoms in total. The highest BCUT2D eigenvalue weighted by molar-refractivity contribution is 7.47. The van der Waals surface area contributed by atoms with Crippen LogP contribution in [0.15, 0.2) is 0 Å². The van der Waals surface area contributed by atoms with E-state index in [9.17, 15) is 43.2 Å². The van der Waals surface area contributed by atoms with Gasteiger partial charge in [-0.1, -0.05) is 370 Å². The standard InChI is InChI=1S/C82H160O17P2/c1-9-74(7)60-52-44-36-32-33-37-46-54-62-79(84)92-68-77(98-81(86)64-56-48-38-30-26-22-18-14-12-11-13-16-20-24-28-34-42-50-58-72(3)4)70-96-100(88,89)94-66-76(83)67-95-101(90,91)97-71-78(69-93-80(85)63-55-47-41-40-45-53-61-75(8)10-2)99-82(87)65-57-49-39-31-27-23-19-15-17-21-25-29-35-43-51-59-73(5)6/h72-78,83H,9-71H2,1-8H3,(H,88,89)(H,90,91)/t74?,75?,76-,77-,78-/m1/s1. The quantitative estimate of drug-likeness (QED) is 0.0222. The molecule has 19 heteroatoms. The Morgan fingerprint density at radius 2 is 0.475 bits per heavy atom. The fraction of sp³-hybridized carbons (Fsp3) is 0.951. The molecule has 600 valence electrons. The van der Waals surface area contributed by atoms with E-state index in [1.807, 2.05) is 0 Å². The molecule has 3 N–H and O–H groups in total. The van der Waals surface area contributed by atoms with E-state index in [-0.39, 0.29) is 25.7 Å². The normalized spacial score (nSPS) is 14.5. The van der Waals surface area contributed by atoms with Crippen LogP contribution < -0.4 is 0 Å². The van der Waals surface area contributed by atoms with E-state index in [2.05, 4.69) is 55.4 Å². The summed E-state index contributed by atoms with van der Waals surface area (Å²) in [6, 6.07) is 0. The van der Waals surface area contributed by atoms with E-state index < -0.39 is 97.5 Å². The number of unbranched alkanes of at least 4 members (excludes halogenated alkanes) is 43. The Morgan fingerprint density at radius 1 is 0.277 bits per heavy atom. The van der Waals surface area contributed by atoms with E-state index in [0.29, 0.717) is 25.7 Å². The van der Waals surface area contributed by atoms with Crippen molar-refractivity contribution in [2.75, 3.05) is 39.6 Å². The van der Waals surface area contributed by atoms with Gasteiger partial charge in [0.2, 0.25) is 0 Å². The lowest BCUT2D eigenvalue weighted by atomic mass is 9.99. The number of aliphatic hydroxyl groups is 1. The minimum absolute atomic E-state index is 0.106. The van der Waals surface area contributed by atoms with Crippen molar-refractivity contribution in [3.63, 3.8) is 0 Å². The number of esters is 4. The first kappa shape index (κ1) is 99.1. The molecule has 0 saturated heterocycles. The van der Waals surface area contributed by atoms with Crippen molar-refractivity contribution in [1.82, 2.24) is 0 Å². The van der Waals surface area contributed by atoms with Crippen molar-refractivity contribution in [1.29, 1.82) is 0 Å². The summed E-state index contributed by atoms with van der Waals surface area (Å²) in [5.41, 5.74) is 0. The topological polar surface area (TPSA) is 237 Å². The van der Waals surface area contributed by atoms with E-state index in [1.165, 1.54) is 218 Å². The molecule has 4 unspecified atom stereocenters. The van der Waals surface area contributed by atoms with Gasteiger partial charge >= 0.3 is 39.5 Å². The van der Waals surface area contributed by atoms with Crippen LogP contribution in [0.5, 0.6) is 0 Å². The van der Waals surface area contributed by atoms with Crippen LogP contribution in [0, 0.1) is 23.7 Å². The van der Waals surface area contributed by atoms with Crippen molar-refractivity contribution < 1.29 is 80.2 Å². The maximum absolute atomic E-state index is 13.1. The van der Waals surface area contributed by atoms with Crippen LogP contribution in [0.1, 0.15) is 421 Å². The van der Waals surface area contributed by atoms with Crippen LogP contribution in [0.3, 0.4) is 0 Å². The lowest BCUT2D eigenvalue weighted by Crippen LogP contribution is -2.30. The third-order valence-corrected chi connectivity index (χ3v) is 21.7. The first-order valence-corrected chi connectivity index (χ1v) is 45.3. The summed E-state index contributed by atoms with van der Waals surface area (Å²) >= 11 is 0. The molecular formula is C82H160O17P2. The Bertz CT molecular complexity index is 1980. The van der Waals surface area contributed by atoms with Crippen LogP contribution in [0.2, 0.25) is 0 Å². The molecule has 0 aliphatic rings. The summed E-state index contributed by atoms with van der Waals surface area (Å²) in [5, 5.41) is 10.6. The van der Waals surface area contributed by atoms with Crippen LogP contribution in [0.25, 0.3) is 0 Å². The third kappa shape index (κ3) is 73.4. The maximum atomic E-state index is 13.1. The van der Waals surface area contributed by atoms with Crippen molar-refractivity contribution in [2.24, 2.45) is 23.7 Å². The summed E-state index contributed by atoms with van der Waals surface area (Å²) in [5.74, 6) is 1.02. The zero-order valence-electron chi connectivity index (χ0n) is 66.5. The molecule has 101 heavy (non-hydrogen) atoms. The minimum Gasteiger partial charge on any atom is -0.462 e. The van der Waals surface area contributed by atoms with Gasteiger partial charge in [-0.2, -0.15) is 0 Å². The molecule has 0 aromatic carbocycles. The largest absolute Gasteiger partial charge is 0.472 e. The highest BCUT2D eigenvalue weighted by atomic mass is 31.2. The minimum atomic E-state index is -4.96. The third-order valence-electron chi connectivity index (χ3n) is 19.8. The van der Waals surface area contributed by atoms with Gasteiger partial charge in [0.15, 0.2) is 12.2 Å². The van der Waals surface area contributed by atoms with Gasteiger partial charge in [-0.15, -0.1) is 0 Å². The Kier molecular flexibility index (Phi) is 69.6. The molecule has 0 aliphatic carbocycles. The van der Waals surface area contributed by atoms with Crippen molar-refractivity contribution in [2.45, 2.75) is 440 Å². The fourth-order valence-corrected chi connectivity index (χ4v) is 14.1. The molecular weight excluding hydrogens is 1320 g/mol. The van der Waals surface area contributed by atoms with Gasteiger partial charge in [-0.3, -0.25) is 37.3 Å². The summed E-state index contributed by atoms with van der Waals surface area (Å²) in [6.45, 7) is 14.3. The number of rotatable bonds is 79. The number of phosphoric ester groups is 2. The summed E-state index contributed by atoms with van der Waals surface area (Å²) in [7, 11) is -9.92. The van der Waals surface area contributed by atoms with Gasteiger partial charge < -0.3 is 33.8 Å². The fourth-order valence-electron chi connectivity index (χ4n) is 12.5. The zero-order valence-corrected chi connectivity index (χ0v) is 68.3. The monoisotopic (exact) mass is 1480 g/mol. The summed E-state index contributed by atoms with van der Waals surface area (Å²) < 4.78 is 68.7. The lowest BCUT2D eigenvalue weighted by molar-refractivity contribution is -0.161. The van der Waals surface area contributed by atoms with Gasteiger partial charge in [0.05, 0.1) is 26.4 Å². The molecule has 0 heterocycles. The van der Waals surface area contributed by atoms with E-state index in [0.717, 1.165) is 120 Å². The van der Waals surface area contributed by atoms with Crippen LogP contribution in [-0.4, -0.2) is 96.7 Å². The smallest absolute Gasteiger partial charge is 0.462 e. The molecule has 0 bridgehead atoms. The highest BCUT2D eigenvalue weighted by Gasteiger charge is 2.30. The van der Waals surface area contributed by atoms with Crippen LogP contribution in [0.4, 0.5) is 0 Å². The van der Waals surface area contributed by atoms with Gasteiger partial charge in [0.25, 0.3) is 0 Å². The first-order valence-electron chi connectivity index (χ1n) is 42.3. The molecule has 0 radical (unpaired) electrons. The Hall–Kier alpha value is -1.94. The average Bonchev–Trinajstić information content (AvgIpc) is 0.972. The molecule has 0 aromatic heterocycles. The summed E-state index contributed by atoms with van der Waals surface area (Å²) in [4.78, 5) is 73.0. The van der Waals surface area contributed by atoms with Crippen LogP contribution in [-0.2, 0) is 65.4 Å². The highest BCUT2D eigenvalue weighted by Crippen LogP contribution is 2.45. The van der Waals surface area contributed by atoms with E-state index in [1.54, 1.807) is 0 Å². The number of carbonyl (C=O) groups excluding carboxylic acids is 4. The molecule has 0 fully saturated rings. The Morgan fingerprint density at radius 3 is 0.703 bits per heavy atom. The van der Waals surface area contributed by atoms with Crippen LogP contribution >= 0.6 is 15.6 Å².